The van der Waals surface area contributed by atoms with E-state index >= 15 is 0 Å². The first kappa shape index (κ1) is 19.7. The zero-order chi connectivity index (χ0) is 19.3. The molecule has 0 aliphatic heterocycles. The van der Waals surface area contributed by atoms with E-state index in [1.54, 1.807) is 31.4 Å². The fourth-order valence-electron chi connectivity index (χ4n) is 2.49. The number of nitrogens with one attached hydrogen (secondary N) is 1. The van der Waals surface area contributed by atoms with Gasteiger partial charge in [0.2, 0.25) is 15.9 Å². The number of amides is 1. The molecule has 0 radical (unpaired) electrons. The zero-order valence-electron chi connectivity index (χ0n) is 14.8. The average Bonchev–Trinajstić information content (AvgIpc) is 2.60. The van der Waals surface area contributed by atoms with Gasteiger partial charge in [-0.05, 0) is 36.8 Å². The van der Waals surface area contributed by atoms with Crippen LogP contribution in [-0.4, -0.2) is 33.7 Å². The van der Waals surface area contributed by atoms with Crippen LogP contribution < -0.4 is 14.4 Å². The average molecular weight is 380 g/mol. The van der Waals surface area contributed by atoms with Gasteiger partial charge < -0.3 is 10.1 Å². The summed E-state index contributed by atoms with van der Waals surface area (Å²) >= 11 is 0. The third-order valence-electron chi connectivity index (χ3n) is 3.80. The van der Waals surface area contributed by atoms with E-state index in [2.05, 4.69) is 5.32 Å². The number of rotatable bonds is 7. The lowest BCUT2D eigenvalue weighted by Gasteiger charge is -2.28. The first-order chi connectivity index (χ1) is 12.2. The monoisotopic (exact) mass is 380 g/mol. The van der Waals surface area contributed by atoms with Crippen molar-refractivity contribution in [3.63, 3.8) is 0 Å². The van der Waals surface area contributed by atoms with Crippen molar-refractivity contribution >= 4 is 21.6 Å². The maximum absolute atomic E-state index is 14.1. The molecule has 0 aliphatic carbocycles. The summed E-state index contributed by atoms with van der Waals surface area (Å²) in [6, 6.07) is 11.4. The third-order valence-corrected chi connectivity index (χ3v) is 5.03. The van der Waals surface area contributed by atoms with E-state index in [-0.39, 0.29) is 12.2 Å². The number of para-hydroxylation sites is 1. The van der Waals surface area contributed by atoms with E-state index in [1.807, 2.05) is 0 Å². The van der Waals surface area contributed by atoms with Gasteiger partial charge in [-0.2, -0.15) is 0 Å². The lowest BCUT2D eigenvalue weighted by Crippen LogP contribution is -2.48. The van der Waals surface area contributed by atoms with Crippen LogP contribution in [0.1, 0.15) is 12.5 Å². The molecule has 0 heterocycles. The number of benzene rings is 2. The maximum atomic E-state index is 14.1. The highest BCUT2D eigenvalue weighted by Gasteiger charge is 2.30. The topological polar surface area (TPSA) is 75.7 Å². The van der Waals surface area contributed by atoms with Crippen LogP contribution in [0.3, 0.4) is 0 Å². The van der Waals surface area contributed by atoms with Crippen molar-refractivity contribution in [3.8, 4) is 5.75 Å². The molecule has 26 heavy (non-hydrogen) atoms. The van der Waals surface area contributed by atoms with Gasteiger partial charge in [0.1, 0.15) is 17.6 Å². The quantitative estimate of drug-likeness (QED) is 0.800. The number of carbonyl (C=O) groups is 1. The standard InChI is InChI=1S/C18H21FN2O4S/c1-13(18(22)20-12-14-8-10-15(25-2)11-9-14)21(26(3,23)24)17-7-5-4-6-16(17)19/h4-11,13H,12H2,1-3H3,(H,20,22)/t13-/m1/s1. The van der Waals surface area contributed by atoms with Crippen molar-refractivity contribution < 1.29 is 22.3 Å². The number of carbonyl (C=O) groups excluding carboxylic acids is 1. The molecule has 0 bridgehead atoms. The molecular weight excluding hydrogens is 359 g/mol. The molecule has 0 saturated heterocycles. The van der Waals surface area contributed by atoms with Crippen molar-refractivity contribution in [2.45, 2.75) is 19.5 Å². The van der Waals surface area contributed by atoms with Gasteiger partial charge >= 0.3 is 0 Å². The van der Waals surface area contributed by atoms with Gasteiger partial charge in [0.25, 0.3) is 0 Å². The molecule has 2 rings (SSSR count). The molecule has 0 aliphatic rings. The van der Waals surface area contributed by atoms with Crippen LogP contribution in [0, 0.1) is 5.82 Å². The van der Waals surface area contributed by atoms with Crippen LogP contribution in [0.25, 0.3) is 0 Å². The Kier molecular flexibility index (Phi) is 6.20. The van der Waals surface area contributed by atoms with E-state index in [4.69, 9.17) is 4.74 Å². The maximum Gasteiger partial charge on any atom is 0.243 e. The first-order valence-corrected chi connectivity index (χ1v) is 9.73. The minimum absolute atomic E-state index is 0.165. The Morgan fingerprint density at radius 3 is 2.35 bits per heavy atom. The molecule has 1 N–H and O–H groups in total. The lowest BCUT2D eigenvalue weighted by molar-refractivity contribution is -0.122. The SMILES string of the molecule is COc1ccc(CNC(=O)[C@@H](C)N(c2ccccc2F)S(C)(=O)=O)cc1. The number of methoxy groups -OCH3 is 1. The van der Waals surface area contributed by atoms with E-state index in [0.29, 0.717) is 5.75 Å². The van der Waals surface area contributed by atoms with Crippen LogP contribution >= 0.6 is 0 Å². The van der Waals surface area contributed by atoms with Gasteiger partial charge in [-0.1, -0.05) is 24.3 Å². The molecule has 8 heteroatoms. The number of nitrogens with zero attached hydrogens (tertiary/aromatic N) is 1. The second-order valence-electron chi connectivity index (χ2n) is 5.75. The van der Waals surface area contributed by atoms with Crippen LogP contribution in [-0.2, 0) is 21.4 Å². The van der Waals surface area contributed by atoms with Crippen LogP contribution in [0.15, 0.2) is 48.5 Å². The zero-order valence-corrected chi connectivity index (χ0v) is 15.6. The second-order valence-corrected chi connectivity index (χ2v) is 7.61. The van der Waals surface area contributed by atoms with Crippen molar-refractivity contribution in [1.82, 2.24) is 5.32 Å². The Bertz CT molecular complexity index is 869. The number of hydrogen-bond acceptors (Lipinski definition) is 4. The van der Waals surface area contributed by atoms with E-state index in [9.17, 15) is 17.6 Å². The van der Waals surface area contributed by atoms with Gasteiger partial charge in [-0.25, -0.2) is 12.8 Å². The Morgan fingerprint density at radius 1 is 1.19 bits per heavy atom. The summed E-state index contributed by atoms with van der Waals surface area (Å²) in [5.41, 5.74) is 0.658. The highest BCUT2D eigenvalue weighted by atomic mass is 32.2. The molecule has 0 fully saturated rings. The van der Waals surface area contributed by atoms with E-state index < -0.39 is 27.8 Å². The van der Waals surface area contributed by atoms with Gasteiger partial charge in [-0.15, -0.1) is 0 Å². The Balaban J connectivity index is 2.16. The summed E-state index contributed by atoms with van der Waals surface area (Å²) in [5.74, 6) is -0.557. The molecule has 2 aromatic carbocycles. The number of anilines is 1. The van der Waals surface area contributed by atoms with Crippen LogP contribution in [0.2, 0.25) is 0 Å². The summed E-state index contributed by atoms with van der Waals surface area (Å²) in [4.78, 5) is 12.4. The summed E-state index contributed by atoms with van der Waals surface area (Å²) in [6.07, 6.45) is 0.937. The molecule has 2 aromatic rings. The molecule has 0 spiro atoms. The summed E-state index contributed by atoms with van der Waals surface area (Å²) < 4.78 is 44.2. The van der Waals surface area contributed by atoms with Gasteiger partial charge in [-0.3, -0.25) is 9.10 Å². The highest BCUT2D eigenvalue weighted by molar-refractivity contribution is 7.92. The Morgan fingerprint density at radius 2 is 1.81 bits per heavy atom. The van der Waals surface area contributed by atoms with Crippen molar-refractivity contribution in [1.29, 1.82) is 0 Å². The highest BCUT2D eigenvalue weighted by Crippen LogP contribution is 2.24. The van der Waals surface area contributed by atoms with Crippen LogP contribution in [0.4, 0.5) is 10.1 Å². The smallest absolute Gasteiger partial charge is 0.243 e. The number of hydrogen-bond donors (Lipinski definition) is 1. The Hall–Kier alpha value is -2.61. The van der Waals surface area contributed by atoms with Crippen molar-refractivity contribution in [2.75, 3.05) is 17.7 Å². The van der Waals surface area contributed by atoms with Crippen molar-refractivity contribution in [2.24, 2.45) is 0 Å². The van der Waals surface area contributed by atoms with Crippen LogP contribution in [0.5, 0.6) is 5.75 Å². The number of halogens is 1. The number of sulfonamides is 1. The minimum atomic E-state index is -3.86. The largest absolute Gasteiger partial charge is 0.497 e. The summed E-state index contributed by atoms with van der Waals surface area (Å²) in [6.45, 7) is 1.62. The Labute approximate surface area is 152 Å². The third kappa shape index (κ3) is 4.72. The molecule has 0 unspecified atom stereocenters. The molecule has 140 valence electrons. The molecule has 6 nitrogen and oxygen atoms in total. The fourth-order valence-corrected chi connectivity index (χ4v) is 3.67. The summed E-state index contributed by atoms with van der Waals surface area (Å²) in [5, 5.41) is 2.67. The predicted molar refractivity (Wildman–Crippen MR) is 98.0 cm³/mol. The van der Waals surface area contributed by atoms with Gasteiger partial charge in [0.05, 0.1) is 19.1 Å². The minimum Gasteiger partial charge on any atom is -0.497 e. The molecular formula is C18H21FN2O4S. The van der Waals surface area contributed by atoms with E-state index in [0.717, 1.165) is 22.2 Å². The van der Waals surface area contributed by atoms with E-state index in [1.165, 1.54) is 25.1 Å². The van der Waals surface area contributed by atoms with Gasteiger partial charge in [0, 0.05) is 6.54 Å². The van der Waals surface area contributed by atoms with Gasteiger partial charge in [0.15, 0.2) is 0 Å². The molecule has 1 amide bonds. The second kappa shape index (κ2) is 8.18. The first-order valence-electron chi connectivity index (χ1n) is 7.88. The summed E-state index contributed by atoms with van der Waals surface area (Å²) in [7, 11) is -2.30. The number of ether oxygens (including phenoxy) is 1. The molecule has 0 saturated carbocycles. The predicted octanol–water partition coefficient (Wildman–Crippen LogP) is 2.31. The fraction of sp³-hybridized carbons (Fsp3) is 0.278. The molecule has 1 atom stereocenters. The lowest BCUT2D eigenvalue weighted by atomic mass is 10.2. The normalized spacial score (nSPS) is 12.3. The molecule has 0 aromatic heterocycles. The van der Waals surface area contributed by atoms with Crippen molar-refractivity contribution in [3.05, 3.63) is 59.9 Å².